The van der Waals surface area contributed by atoms with Crippen LogP contribution in [-0.4, -0.2) is 17.9 Å². The minimum absolute atomic E-state index is 0.0231. The van der Waals surface area contributed by atoms with E-state index >= 15 is 0 Å². The van der Waals surface area contributed by atoms with Crippen LogP contribution >= 0.6 is 0 Å². The molecule has 1 saturated carbocycles. The smallest absolute Gasteiger partial charge is 0.338 e. The van der Waals surface area contributed by atoms with E-state index in [0.717, 1.165) is 30.0 Å². The number of hydrogen-bond donors (Lipinski definition) is 0. The van der Waals surface area contributed by atoms with Gasteiger partial charge in [0.25, 0.3) is 0 Å². The predicted molar refractivity (Wildman–Crippen MR) is 95.4 cm³/mol. The molecule has 0 heterocycles. The van der Waals surface area contributed by atoms with Gasteiger partial charge in [0.05, 0.1) is 5.56 Å². The highest BCUT2D eigenvalue weighted by atomic mass is 16.5. The zero-order valence-electron chi connectivity index (χ0n) is 14.4. The predicted octanol–water partition coefficient (Wildman–Crippen LogP) is 5.17. The zero-order chi connectivity index (χ0) is 17.1. The van der Waals surface area contributed by atoms with Gasteiger partial charge in [-0.3, -0.25) is 4.79 Å². The number of fused-ring (bicyclic) bond motifs is 1. The molecule has 0 N–H and O–H groups in total. The Morgan fingerprint density at radius 1 is 1.00 bits per heavy atom. The van der Waals surface area contributed by atoms with Gasteiger partial charge in [0.1, 0.15) is 6.10 Å². The second kappa shape index (κ2) is 7.16. The highest BCUT2D eigenvalue weighted by Gasteiger charge is 2.25. The van der Waals surface area contributed by atoms with Crippen LogP contribution in [0.4, 0.5) is 0 Å². The second-order valence-corrected chi connectivity index (χ2v) is 6.76. The number of ketones is 1. The van der Waals surface area contributed by atoms with Crippen molar-refractivity contribution in [2.45, 2.75) is 52.1 Å². The number of benzene rings is 2. The first kappa shape index (κ1) is 16.7. The topological polar surface area (TPSA) is 43.4 Å². The Morgan fingerprint density at radius 2 is 1.67 bits per heavy atom. The molecule has 0 amide bonds. The molecule has 0 bridgehead atoms. The van der Waals surface area contributed by atoms with E-state index in [1.54, 1.807) is 6.07 Å². The summed E-state index contributed by atoms with van der Waals surface area (Å²) in [7, 11) is 0. The molecule has 1 aliphatic carbocycles. The lowest BCUT2D eigenvalue weighted by molar-refractivity contribution is 0.00483. The van der Waals surface area contributed by atoms with Gasteiger partial charge in [0.15, 0.2) is 5.78 Å². The fourth-order valence-corrected chi connectivity index (χ4v) is 3.41. The second-order valence-electron chi connectivity index (χ2n) is 6.76. The molecule has 2 unspecified atom stereocenters. The normalized spacial score (nSPS) is 20.8. The summed E-state index contributed by atoms with van der Waals surface area (Å²) < 4.78 is 5.73. The standard InChI is InChI=1S/C21H24O3/c1-3-19(22)16-10-8-15-9-11-17(13-18(15)12-16)21(23)24-20-7-5-4-6-14(20)2/h8-14,20H,3-7H2,1-2H3. The molecular formula is C21H24O3. The lowest BCUT2D eigenvalue weighted by Gasteiger charge is -2.28. The van der Waals surface area contributed by atoms with E-state index in [1.165, 1.54) is 6.42 Å². The van der Waals surface area contributed by atoms with E-state index in [2.05, 4.69) is 6.92 Å². The van der Waals surface area contributed by atoms with Gasteiger partial charge in [-0.15, -0.1) is 0 Å². The number of hydrogen-bond acceptors (Lipinski definition) is 3. The highest BCUT2D eigenvalue weighted by molar-refractivity contribution is 6.01. The zero-order valence-corrected chi connectivity index (χ0v) is 14.4. The molecule has 2 aromatic carbocycles. The number of rotatable bonds is 4. The maximum Gasteiger partial charge on any atom is 0.338 e. The lowest BCUT2D eigenvalue weighted by Crippen LogP contribution is -2.28. The molecule has 24 heavy (non-hydrogen) atoms. The monoisotopic (exact) mass is 324 g/mol. The first-order chi connectivity index (χ1) is 11.6. The largest absolute Gasteiger partial charge is 0.459 e. The third kappa shape index (κ3) is 3.50. The molecule has 3 heteroatoms. The lowest BCUT2D eigenvalue weighted by atomic mass is 9.88. The Labute approximate surface area is 143 Å². The van der Waals surface area contributed by atoms with E-state index in [4.69, 9.17) is 4.74 Å². The minimum Gasteiger partial charge on any atom is -0.459 e. The maximum atomic E-state index is 12.5. The number of carbonyl (C=O) groups excluding carboxylic acids is 2. The number of ether oxygens (including phenoxy) is 1. The molecule has 2 aromatic rings. The van der Waals surface area contributed by atoms with Crippen molar-refractivity contribution in [2.75, 3.05) is 0 Å². The maximum absolute atomic E-state index is 12.5. The number of Topliss-reactive ketones (excluding diaryl/α,β-unsaturated/α-hetero) is 1. The quantitative estimate of drug-likeness (QED) is 0.576. The average molecular weight is 324 g/mol. The Kier molecular flexibility index (Phi) is 4.98. The minimum atomic E-state index is -0.261. The van der Waals surface area contributed by atoms with Gasteiger partial charge in [-0.1, -0.05) is 38.5 Å². The number of esters is 1. The first-order valence-electron chi connectivity index (χ1n) is 8.86. The van der Waals surface area contributed by atoms with Crippen LogP contribution in [0.3, 0.4) is 0 Å². The van der Waals surface area contributed by atoms with Gasteiger partial charge in [0.2, 0.25) is 0 Å². The van der Waals surface area contributed by atoms with E-state index < -0.39 is 0 Å². The molecule has 1 fully saturated rings. The van der Waals surface area contributed by atoms with Gasteiger partial charge in [-0.25, -0.2) is 4.79 Å². The van der Waals surface area contributed by atoms with E-state index in [9.17, 15) is 9.59 Å². The van der Waals surface area contributed by atoms with E-state index in [-0.39, 0.29) is 17.9 Å². The Hall–Kier alpha value is -2.16. The fourth-order valence-electron chi connectivity index (χ4n) is 3.41. The molecule has 0 radical (unpaired) electrons. The van der Waals surface area contributed by atoms with Crippen molar-refractivity contribution < 1.29 is 14.3 Å². The van der Waals surface area contributed by atoms with Crippen molar-refractivity contribution in [2.24, 2.45) is 5.92 Å². The Balaban J connectivity index is 1.83. The molecule has 1 aliphatic rings. The SMILES string of the molecule is CCC(=O)c1ccc2ccc(C(=O)OC3CCCCC3C)cc2c1. The molecule has 2 atom stereocenters. The van der Waals surface area contributed by atoms with Crippen molar-refractivity contribution in [3.63, 3.8) is 0 Å². The van der Waals surface area contributed by atoms with Crippen LogP contribution in [0.5, 0.6) is 0 Å². The highest BCUT2D eigenvalue weighted by Crippen LogP contribution is 2.27. The molecule has 126 valence electrons. The van der Waals surface area contributed by atoms with Crippen molar-refractivity contribution >= 4 is 22.5 Å². The molecule has 3 rings (SSSR count). The van der Waals surface area contributed by atoms with Crippen LogP contribution in [0.15, 0.2) is 36.4 Å². The van der Waals surface area contributed by atoms with Crippen LogP contribution in [0.2, 0.25) is 0 Å². The van der Waals surface area contributed by atoms with Crippen LogP contribution in [0.1, 0.15) is 66.7 Å². The summed E-state index contributed by atoms with van der Waals surface area (Å²) in [5.74, 6) is 0.278. The van der Waals surface area contributed by atoms with Crippen LogP contribution in [0, 0.1) is 5.92 Å². The van der Waals surface area contributed by atoms with Crippen LogP contribution in [-0.2, 0) is 4.74 Å². The summed E-state index contributed by atoms with van der Waals surface area (Å²) in [4.78, 5) is 24.4. The fraction of sp³-hybridized carbons (Fsp3) is 0.429. The molecular weight excluding hydrogens is 300 g/mol. The van der Waals surface area contributed by atoms with Crippen LogP contribution in [0.25, 0.3) is 10.8 Å². The van der Waals surface area contributed by atoms with Gasteiger partial charge in [-0.2, -0.15) is 0 Å². The Morgan fingerprint density at radius 3 is 2.38 bits per heavy atom. The Bertz CT molecular complexity index is 763. The molecule has 0 aromatic heterocycles. The summed E-state index contributed by atoms with van der Waals surface area (Å²) in [6.45, 7) is 4.01. The van der Waals surface area contributed by atoms with Crippen LogP contribution < -0.4 is 0 Å². The first-order valence-corrected chi connectivity index (χ1v) is 8.86. The van der Waals surface area contributed by atoms with Gasteiger partial charge < -0.3 is 4.74 Å². The van der Waals surface area contributed by atoms with Crippen molar-refractivity contribution in [1.29, 1.82) is 0 Å². The van der Waals surface area contributed by atoms with Gasteiger partial charge in [0, 0.05) is 12.0 Å². The van der Waals surface area contributed by atoms with Crippen molar-refractivity contribution in [1.82, 2.24) is 0 Å². The van der Waals surface area contributed by atoms with E-state index in [0.29, 0.717) is 23.5 Å². The third-order valence-corrected chi connectivity index (χ3v) is 5.01. The third-order valence-electron chi connectivity index (χ3n) is 5.01. The molecule has 3 nitrogen and oxygen atoms in total. The summed E-state index contributed by atoms with van der Waals surface area (Å²) in [6, 6.07) is 11.2. The van der Waals surface area contributed by atoms with Gasteiger partial charge in [-0.05, 0) is 54.2 Å². The summed E-state index contributed by atoms with van der Waals surface area (Å²) >= 11 is 0. The average Bonchev–Trinajstić information content (AvgIpc) is 2.62. The molecule has 0 saturated heterocycles. The molecule has 0 aliphatic heterocycles. The van der Waals surface area contributed by atoms with Gasteiger partial charge >= 0.3 is 5.97 Å². The molecule has 0 spiro atoms. The van der Waals surface area contributed by atoms with E-state index in [1.807, 2.05) is 37.3 Å². The summed E-state index contributed by atoms with van der Waals surface area (Å²) in [5.41, 5.74) is 1.25. The van der Waals surface area contributed by atoms with Crippen molar-refractivity contribution in [3.05, 3.63) is 47.5 Å². The number of carbonyl (C=O) groups is 2. The summed E-state index contributed by atoms with van der Waals surface area (Å²) in [5, 5.41) is 1.92. The summed E-state index contributed by atoms with van der Waals surface area (Å²) in [6.07, 6.45) is 4.93. The van der Waals surface area contributed by atoms with Crippen molar-refractivity contribution in [3.8, 4) is 0 Å².